The summed E-state index contributed by atoms with van der Waals surface area (Å²) in [5, 5.41) is 13.3. The van der Waals surface area contributed by atoms with Crippen molar-refractivity contribution in [2.45, 2.75) is 57.3 Å². The number of fused-ring (bicyclic) bond motifs is 1. The van der Waals surface area contributed by atoms with Crippen molar-refractivity contribution in [1.82, 2.24) is 9.78 Å². The number of sulfonamides is 1. The van der Waals surface area contributed by atoms with Crippen LogP contribution in [0.2, 0.25) is 5.02 Å². The molecule has 0 bridgehead atoms. The highest BCUT2D eigenvalue weighted by atomic mass is 35.5. The van der Waals surface area contributed by atoms with Gasteiger partial charge in [-0.25, -0.2) is 8.42 Å². The van der Waals surface area contributed by atoms with E-state index in [9.17, 15) is 31.5 Å². The molecule has 1 atom stereocenters. The molecule has 226 valence electrons. The number of hydrogen-bond donors (Lipinski definition) is 1. The number of halogens is 4. The summed E-state index contributed by atoms with van der Waals surface area (Å²) in [6, 6.07) is 8.08. The van der Waals surface area contributed by atoms with Crippen molar-refractivity contribution in [2.24, 2.45) is 0 Å². The standard InChI is InChI=1S/C28H29ClF3N3O6S/c1-4-34-16-24(27(33-34)40-5-2)42(38,39)35-15-19(10-12-25(36)37)41-23-11-9-18(14-22(23)35)13-17(3)26-20(28(30,31)32)7-6-8-21(26)29/h6-9,11,13-14,16,19H,4-5,10,12,15H2,1-3H3,(H,36,37). The van der Waals surface area contributed by atoms with Crippen LogP contribution in [0.5, 0.6) is 11.6 Å². The zero-order valence-corrected chi connectivity index (χ0v) is 24.6. The summed E-state index contributed by atoms with van der Waals surface area (Å²) >= 11 is 6.18. The minimum absolute atomic E-state index is 0.0425. The van der Waals surface area contributed by atoms with Gasteiger partial charge in [0.15, 0.2) is 4.90 Å². The molecular weight excluding hydrogens is 599 g/mol. The van der Waals surface area contributed by atoms with Crippen molar-refractivity contribution in [3.8, 4) is 11.6 Å². The number of carboxylic acids is 1. The number of benzene rings is 2. The number of aromatic nitrogens is 2. The summed E-state index contributed by atoms with van der Waals surface area (Å²) in [7, 11) is -4.31. The van der Waals surface area contributed by atoms with Crippen LogP contribution >= 0.6 is 11.6 Å². The zero-order chi connectivity index (χ0) is 30.8. The lowest BCUT2D eigenvalue weighted by Gasteiger charge is -2.35. The summed E-state index contributed by atoms with van der Waals surface area (Å²) < 4.78 is 83.3. The second kappa shape index (κ2) is 12.3. The van der Waals surface area contributed by atoms with E-state index in [4.69, 9.17) is 21.1 Å². The van der Waals surface area contributed by atoms with Gasteiger partial charge in [0, 0.05) is 29.7 Å². The molecule has 0 radical (unpaired) electrons. The van der Waals surface area contributed by atoms with E-state index in [2.05, 4.69) is 5.10 Å². The van der Waals surface area contributed by atoms with Crippen LogP contribution in [0.1, 0.15) is 50.3 Å². The largest absolute Gasteiger partial charge is 0.486 e. The Morgan fingerprint density at radius 3 is 2.64 bits per heavy atom. The number of alkyl halides is 3. The number of aryl methyl sites for hydroxylation is 1. The minimum atomic E-state index is -4.64. The van der Waals surface area contributed by atoms with Crippen LogP contribution in [0.25, 0.3) is 11.6 Å². The normalized spacial score (nSPS) is 15.7. The molecule has 14 heteroatoms. The molecule has 1 aromatic heterocycles. The highest BCUT2D eigenvalue weighted by molar-refractivity contribution is 7.93. The third kappa shape index (κ3) is 6.51. The predicted molar refractivity (Wildman–Crippen MR) is 151 cm³/mol. The van der Waals surface area contributed by atoms with Crippen molar-refractivity contribution in [2.75, 3.05) is 17.5 Å². The van der Waals surface area contributed by atoms with Gasteiger partial charge in [-0.1, -0.05) is 29.8 Å². The number of allylic oxidation sites excluding steroid dienone is 1. The van der Waals surface area contributed by atoms with E-state index in [1.807, 2.05) is 0 Å². The van der Waals surface area contributed by atoms with E-state index in [1.165, 1.54) is 48.1 Å². The van der Waals surface area contributed by atoms with Gasteiger partial charge in [0.05, 0.1) is 24.4 Å². The Hall–Kier alpha value is -3.71. The second-order valence-corrected chi connectivity index (χ2v) is 11.7. The van der Waals surface area contributed by atoms with Crippen molar-refractivity contribution in [3.63, 3.8) is 0 Å². The Bertz CT molecular complexity index is 1620. The summed E-state index contributed by atoms with van der Waals surface area (Å²) in [6.45, 7) is 5.30. The molecule has 1 aliphatic rings. The smallest absolute Gasteiger partial charge is 0.417 e. The Labute approximate surface area is 246 Å². The van der Waals surface area contributed by atoms with Gasteiger partial charge >= 0.3 is 12.1 Å². The SMILES string of the molecule is CCOc1nn(CC)cc1S(=O)(=O)N1CC(CCC(=O)O)Oc2ccc(C=C(C)c3c(Cl)cccc3C(F)(F)F)cc21. The lowest BCUT2D eigenvalue weighted by atomic mass is 9.98. The summed E-state index contributed by atoms with van der Waals surface area (Å²) in [6.07, 6.45) is -2.80. The number of nitrogens with zero attached hydrogens (tertiary/aromatic N) is 3. The van der Waals surface area contributed by atoms with Crippen molar-refractivity contribution >= 4 is 44.9 Å². The molecule has 0 fully saturated rings. The van der Waals surface area contributed by atoms with Crippen LogP contribution in [0.4, 0.5) is 18.9 Å². The van der Waals surface area contributed by atoms with E-state index in [0.29, 0.717) is 12.1 Å². The van der Waals surface area contributed by atoms with Crippen LogP contribution in [-0.4, -0.2) is 48.5 Å². The van der Waals surface area contributed by atoms with Gasteiger partial charge in [0.25, 0.3) is 15.9 Å². The highest BCUT2D eigenvalue weighted by Crippen LogP contribution is 2.42. The van der Waals surface area contributed by atoms with Crippen molar-refractivity contribution < 1.29 is 41.0 Å². The Kier molecular flexibility index (Phi) is 9.12. The van der Waals surface area contributed by atoms with E-state index < -0.39 is 33.8 Å². The average molecular weight is 628 g/mol. The molecule has 2 aromatic carbocycles. The quantitative estimate of drug-likeness (QED) is 0.261. The number of rotatable bonds is 10. The maximum absolute atomic E-state index is 14.1. The van der Waals surface area contributed by atoms with E-state index in [1.54, 1.807) is 19.9 Å². The molecule has 1 unspecified atom stereocenters. The number of hydrogen-bond acceptors (Lipinski definition) is 6. The Morgan fingerprint density at radius 1 is 1.26 bits per heavy atom. The maximum Gasteiger partial charge on any atom is 0.417 e. The average Bonchev–Trinajstić information content (AvgIpc) is 3.35. The molecule has 0 spiro atoms. The third-order valence-electron chi connectivity index (χ3n) is 6.56. The number of ether oxygens (including phenoxy) is 2. The first-order valence-electron chi connectivity index (χ1n) is 13.1. The number of carbonyl (C=O) groups is 1. The van der Waals surface area contributed by atoms with Crippen molar-refractivity contribution in [1.29, 1.82) is 0 Å². The Balaban J connectivity index is 1.83. The molecule has 3 aromatic rings. The van der Waals surface area contributed by atoms with Crippen LogP contribution < -0.4 is 13.8 Å². The number of aliphatic carboxylic acids is 1. The molecule has 0 aliphatic carbocycles. The molecule has 1 aliphatic heterocycles. The Morgan fingerprint density at radius 2 is 2.00 bits per heavy atom. The summed E-state index contributed by atoms with van der Waals surface area (Å²) in [5.41, 5.74) is -0.355. The van der Waals surface area contributed by atoms with Gasteiger partial charge in [-0.2, -0.15) is 13.2 Å². The van der Waals surface area contributed by atoms with Gasteiger partial charge in [-0.05, 0) is 62.6 Å². The van der Waals surface area contributed by atoms with Gasteiger partial charge in [-0.3, -0.25) is 13.8 Å². The molecule has 42 heavy (non-hydrogen) atoms. The maximum atomic E-state index is 14.1. The summed E-state index contributed by atoms with van der Waals surface area (Å²) in [4.78, 5) is 11.0. The van der Waals surface area contributed by atoms with Crippen LogP contribution in [0.3, 0.4) is 0 Å². The van der Waals surface area contributed by atoms with E-state index in [0.717, 1.165) is 10.4 Å². The first-order chi connectivity index (χ1) is 19.8. The minimum Gasteiger partial charge on any atom is -0.486 e. The lowest BCUT2D eigenvalue weighted by Crippen LogP contribution is -2.43. The van der Waals surface area contributed by atoms with Crippen LogP contribution in [0.15, 0.2) is 47.5 Å². The first-order valence-corrected chi connectivity index (χ1v) is 14.9. The third-order valence-corrected chi connectivity index (χ3v) is 8.64. The van der Waals surface area contributed by atoms with Gasteiger partial charge in [0.1, 0.15) is 11.9 Å². The molecule has 0 saturated heterocycles. The topological polar surface area (TPSA) is 111 Å². The monoisotopic (exact) mass is 627 g/mol. The second-order valence-electron chi connectivity index (χ2n) is 9.51. The molecule has 4 rings (SSSR count). The fourth-order valence-corrected chi connectivity index (χ4v) is 6.54. The zero-order valence-electron chi connectivity index (χ0n) is 23.0. The lowest BCUT2D eigenvalue weighted by molar-refractivity contribution is -0.138. The number of anilines is 1. The molecule has 9 nitrogen and oxygen atoms in total. The van der Waals surface area contributed by atoms with Gasteiger partial charge in [0.2, 0.25) is 0 Å². The molecular formula is C28H29ClF3N3O6S. The molecule has 0 saturated carbocycles. The molecule has 1 N–H and O–H groups in total. The van der Waals surface area contributed by atoms with Crippen LogP contribution in [-0.2, 0) is 27.5 Å². The van der Waals surface area contributed by atoms with Crippen molar-refractivity contribution in [3.05, 3.63) is 64.3 Å². The summed E-state index contributed by atoms with van der Waals surface area (Å²) in [5.74, 6) is -0.972. The van der Waals surface area contributed by atoms with E-state index in [-0.39, 0.29) is 64.4 Å². The van der Waals surface area contributed by atoms with Gasteiger partial charge in [-0.15, -0.1) is 5.10 Å². The molecule has 2 heterocycles. The fourth-order valence-electron chi connectivity index (χ4n) is 4.64. The van der Waals surface area contributed by atoms with Crippen LogP contribution in [0, 0.1) is 0 Å². The highest BCUT2D eigenvalue weighted by Gasteiger charge is 2.38. The van der Waals surface area contributed by atoms with E-state index >= 15 is 0 Å². The van der Waals surface area contributed by atoms with Gasteiger partial charge < -0.3 is 14.6 Å². The predicted octanol–water partition coefficient (Wildman–Crippen LogP) is 6.36. The first kappa shape index (κ1) is 31.2. The fraction of sp³-hybridized carbons (Fsp3) is 0.357. The molecule has 0 amide bonds. The number of carboxylic acid groups (broad SMARTS) is 1.